The topological polar surface area (TPSA) is 21.3 Å². The van der Waals surface area contributed by atoms with Crippen LogP contribution in [0.1, 0.15) is 19.8 Å². The van der Waals surface area contributed by atoms with Crippen LogP contribution in [-0.2, 0) is 0 Å². The zero-order chi connectivity index (χ0) is 12.1. The molecular formula is C14H21NOS. The van der Waals surface area contributed by atoms with Crippen LogP contribution in [0.5, 0.6) is 5.75 Å². The van der Waals surface area contributed by atoms with Crippen molar-refractivity contribution >= 4 is 11.8 Å². The lowest BCUT2D eigenvalue weighted by atomic mass is 10.0. The Morgan fingerprint density at radius 2 is 2.06 bits per heavy atom. The monoisotopic (exact) mass is 251 g/mol. The molecule has 1 aliphatic heterocycles. The molecule has 1 aliphatic rings. The summed E-state index contributed by atoms with van der Waals surface area (Å²) in [6, 6.07) is 8.41. The first-order chi connectivity index (χ1) is 8.29. The van der Waals surface area contributed by atoms with Gasteiger partial charge < -0.3 is 10.1 Å². The number of ether oxygens (including phenoxy) is 1. The molecule has 2 nitrogen and oxygen atoms in total. The second-order valence-corrected chi connectivity index (χ2v) is 5.54. The van der Waals surface area contributed by atoms with E-state index in [-0.39, 0.29) is 0 Å². The minimum Gasteiger partial charge on any atom is -0.490 e. The van der Waals surface area contributed by atoms with Crippen LogP contribution < -0.4 is 10.1 Å². The zero-order valence-corrected chi connectivity index (χ0v) is 11.4. The Morgan fingerprint density at radius 1 is 1.29 bits per heavy atom. The predicted octanol–water partition coefficient (Wildman–Crippen LogP) is 3.18. The average molecular weight is 251 g/mol. The molecule has 2 atom stereocenters. The van der Waals surface area contributed by atoms with E-state index in [2.05, 4.69) is 42.8 Å². The summed E-state index contributed by atoms with van der Waals surface area (Å²) in [7, 11) is 0. The molecule has 1 fully saturated rings. The number of thioether (sulfide) groups is 1. The lowest BCUT2D eigenvalue weighted by molar-refractivity contribution is 0.141. The highest BCUT2D eigenvalue weighted by Gasteiger charge is 2.21. The van der Waals surface area contributed by atoms with Gasteiger partial charge in [0, 0.05) is 17.4 Å². The Hall–Kier alpha value is -0.670. The second kappa shape index (κ2) is 6.31. The third kappa shape index (κ3) is 3.65. The molecule has 3 heteroatoms. The highest BCUT2D eigenvalue weighted by atomic mass is 32.2. The molecule has 17 heavy (non-hydrogen) atoms. The smallest absolute Gasteiger partial charge is 0.119 e. The maximum Gasteiger partial charge on any atom is 0.119 e. The first-order valence-corrected chi connectivity index (χ1v) is 7.53. The van der Waals surface area contributed by atoms with Gasteiger partial charge in [-0.1, -0.05) is 6.92 Å². The minimum absolute atomic E-state index is 0.352. The summed E-state index contributed by atoms with van der Waals surface area (Å²) in [5, 5.41) is 3.45. The van der Waals surface area contributed by atoms with Crippen LogP contribution in [0.2, 0.25) is 0 Å². The molecule has 0 radical (unpaired) electrons. The zero-order valence-electron chi connectivity index (χ0n) is 10.6. The van der Waals surface area contributed by atoms with Crippen LogP contribution in [0.4, 0.5) is 0 Å². The molecule has 1 heterocycles. The lowest BCUT2D eigenvalue weighted by Gasteiger charge is -2.22. The van der Waals surface area contributed by atoms with E-state index < -0.39 is 0 Å². The van der Waals surface area contributed by atoms with E-state index in [1.165, 1.54) is 11.3 Å². The van der Waals surface area contributed by atoms with Gasteiger partial charge in [0.1, 0.15) is 11.9 Å². The summed E-state index contributed by atoms with van der Waals surface area (Å²) >= 11 is 1.76. The SMILES string of the molecule is CSc1ccc(OC2CCCNCC2C)cc1. The number of rotatable bonds is 3. The van der Waals surface area contributed by atoms with Crippen molar-refractivity contribution in [2.45, 2.75) is 30.8 Å². The number of benzene rings is 1. The molecule has 0 bridgehead atoms. The Balaban J connectivity index is 1.98. The van der Waals surface area contributed by atoms with E-state index in [1.807, 2.05) is 0 Å². The summed E-state index contributed by atoms with van der Waals surface area (Å²) in [6.07, 6.45) is 4.80. The van der Waals surface area contributed by atoms with E-state index >= 15 is 0 Å². The van der Waals surface area contributed by atoms with Crippen molar-refractivity contribution in [2.24, 2.45) is 5.92 Å². The molecule has 2 rings (SSSR count). The van der Waals surface area contributed by atoms with Gasteiger partial charge in [0.2, 0.25) is 0 Å². The van der Waals surface area contributed by atoms with Gasteiger partial charge in [-0.2, -0.15) is 0 Å². The van der Waals surface area contributed by atoms with Crippen LogP contribution >= 0.6 is 11.8 Å². The molecule has 0 saturated carbocycles. The fourth-order valence-electron chi connectivity index (χ4n) is 2.18. The number of nitrogens with one attached hydrogen (secondary N) is 1. The molecule has 1 N–H and O–H groups in total. The Labute approximate surface area is 108 Å². The summed E-state index contributed by atoms with van der Waals surface area (Å²) in [4.78, 5) is 1.29. The maximum atomic E-state index is 6.10. The quantitative estimate of drug-likeness (QED) is 0.834. The normalized spacial score (nSPS) is 25.3. The molecular weight excluding hydrogens is 230 g/mol. The van der Waals surface area contributed by atoms with Crippen LogP contribution in [0.15, 0.2) is 29.2 Å². The van der Waals surface area contributed by atoms with Gasteiger partial charge >= 0.3 is 0 Å². The van der Waals surface area contributed by atoms with Gasteiger partial charge in [0.05, 0.1) is 0 Å². The summed E-state index contributed by atoms with van der Waals surface area (Å²) in [5.74, 6) is 1.58. The van der Waals surface area contributed by atoms with Gasteiger partial charge in [-0.25, -0.2) is 0 Å². The van der Waals surface area contributed by atoms with Crippen molar-refractivity contribution in [3.8, 4) is 5.75 Å². The Bertz CT molecular complexity index is 339. The minimum atomic E-state index is 0.352. The Kier molecular flexibility index (Phi) is 4.75. The van der Waals surface area contributed by atoms with E-state index in [0.29, 0.717) is 12.0 Å². The lowest BCUT2D eigenvalue weighted by Crippen LogP contribution is -2.29. The summed E-state index contributed by atoms with van der Waals surface area (Å²) < 4.78 is 6.10. The highest BCUT2D eigenvalue weighted by Crippen LogP contribution is 2.23. The molecule has 0 aromatic heterocycles. The van der Waals surface area contributed by atoms with Crippen molar-refractivity contribution in [1.29, 1.82) is 0 Å². The van der Waals surface area contributed by atoms with Gasteiger partial charge in [-0.15, -0.1) is 11.8 Å². The highest BCUT2D eigenvalue weighted by molar-refractivity contribution is 7.98. The molecule has 94 valence electrons. The van der Waals surface area contributed by atoms with Crippen LogP contribution in [0.3, 0.4) is 0 Å². The molecule has 0 aliphatic carbocycles. The van der Waals surface area contributed by atoms with Crippen LogP contribution in [0, 0.1) is 5.92 Å². The van der Waals surface area contributed by atoms with Crippen molar-refractivity contribution in [3.05, 3.63) is 24.3 Å². The molecule has 1 aromatic carbocycles. The largest absolute Gasteiger partial charge is 0.490 e. The summed E-state index contributed by atoms with van der Waals surface area (Å²) in [6.45, 7) is 4.45. The van der Waals surface area contributed by atoms with Crippen molar-refractivity contribution in [3.63, 3.8) is 0 Å². The molecule has 0 amide bonds. The third-order valence-corrected chi connectivity index (χ3v) is 4.03. The number of hydrogen-bond donors (Lipinski definition) is 1. The number of hydrogen-bond acceptors (Lipinski definition) is 3. The first-order valence-electron chi connectivity index (χ1n) is 6.31. The van der Waals surface area contributed by atoms with E-state index in [1.54, 1.807) is 11.8 Å². The van der Waals surface area contributed by atoms with Gasteiger partial charge in [0.15, 0.2) is 0 Å². The van der Waals surface area contributed by atoms with Gasteiger partial charge in [0.25, 0.3) is 0 Å². The Morgan fingerprint density at radius 3 is 2.76 bits per heavy atom. The second-order valence-electron chi connectivity index (χ2n) is 4.66. The first kappa shape index (κ1) is 12.8. The predicted molar refractivity (Wildman–Crippen MR) is 73.9 cm³/mol. The van der Waals surface area contributed by atoms with Gasteiger partial charge in [-0.05, 0) is 49.9 Å². The third-order valence-electron chi connectivity index (χ3n) is 3.29. The van der Waals surface area contributed by atoms with E-state index in [0.717, 1.165) is 25.3 Å². The van der Waals surface area contributed by atoms with Crippen molar-refractivity contribution in [2.75, 3.05) is 19.3 Å². The van der Waals surface area contributed by atoms with E-state index in [4.69, 9.17) is 4.74 Å². The van der Waals surface area contributed by atoms with E-state index in [9.17, 15) is 0 Å². The molecule has 1 aromatic rings. The summed E-state index contributed by atoms with van der Waals surface area (Å²) in [5.41, 5.74) is 0. The maximum absolute atomic E-state index is 6.10. The van der Waals surface area contributed by atoms with Crippen LogP contribution in [-0.4, -0.2) is 25.4 Å². The standard InChI is InChI=1S/C14H21NOS/c1-11-10-15-9-3-4-14(11)16-12-5-7-13(17-2)8-6-12/h5-8,11,14-15H,3-4,9-10H2,1-2H3. The molecule has 2 unspecified atom stereocenters. The van der Waals surface area contributed by atoms with Gasteiger partial charge in [-0.3, -0.25) is 0 Å². The van der Waals surface area contributed by atoms with Crippen molar-refractivity contribution < 1.29 is 4.74 Å². The fourth-order valence-corrected chi connectivity index (χ4v) is 2.59. The average Bonchev–Trinajstić information content (AvgIpc) is 2.56. The fraction of sp³-hybridized carbons (Fsp3) is 0.571. The molecule has 0 spiro atoms. The van der Waals surface area contributed by atoms with Crippen molar-refractivity contribution in [1.82, 2.24) is 5.32 Å². The molecule has 1 saturated heterocycles. The van der Waals surface area contributed by atoms with Crippen LogP contribution in [0.25, 0.3) is 0 Å².